The molecular weight excluding hydrogens is 238 g/mol. The molecule has 2 N–H and O–H groups in total. The zero-order valence-electron chi connectivity index (χ0n) is 11.6. The highest BCUT2D eigenvalue weighted by Gasteiger charge is 2.41. The maximum absolute atomic E-state index is 12.9. The highest BCUT2D eigenvalue weighted by atomic mass is 16.2. The molecule has 0 aromatic carbocycles. The Hall–Kier alpha value is -1.29. The summed E-state index contributed by atoms with van der Waals surface area (Å²) in [5.41, 5.74) is 1.02. The van der Waals surface area contributed by atoms with E-state index < -0.39 is 0 Å². The molecule has 0 saturated carbocycles. The maximum atomic E-state index is 12.9. The van der Waals surface area contributed by atoms with Crippen LogP contribution in [-0.2, 0) is 4.79 Å². The van der Waals surface area contributed by atoms with Crippen molar-refractivity contribution >= 4 is 5.91 Å². The zero-order valence-corrected chi connectivity index (χ0v) is 11.6. The number of hydrogen-bond donors (Lipinski definition) is 2. The average Bonchev–Trinajstić information content (AvgIpc) is 3.09. The van der Waals surface area contributed by atoms with Gasteiger partial charge >= 0.3 is 0 Å². The summed E-state index contributed by atoms with van der Waals surface area (Å²) in [6.07, 6.45) is 6.06. The fourth-order valence-corrected chi connectivity index (χ4v) is 3.42. The first kappa shape index (κ1) is 12.7. The third-order valence-electron chi connectivity index (χ3n) is 4.72. The molecule has 1 unspecified atom stereocenters. The second-order valence-electron chi connectivity index (χ2n) is 6.09. The van der Waals surface area contributed by atoms with Gasteiger partial charge < -0.3 is 15.2 Å². The lowest BCUT2D eigenvalue weighted by atomic mass is 9.79. The van der Waals surface area contributed by atoms with Gasteiger partial charge in [0.25, 0.3) is 0 Å². The molecule has 1 atom stereocenters. The number of rotatable bonds is 2. The fraction of sp³-hybridized carbons (Fsp3) is 0.667. The number of carbonyl (C=O) groups excluding carboxylic acids is 1. The van der Waals surface area contributed by atoms with Gasteiger partial charge in [-0.3, -0.25) is 4.79 Å². The molecule has 4 nitrogen and oxygen atoms in total. The largest absolute Gasteiger partial charge is 0.363 e. The number of likely N-dealkylation sites (tertiary alicyclic amines) is 1. The Bertz CT molecular complexity index is 434. The van der Waals surface area contributed by atoms with E-state index in [1.54, 1.807) is 0 Å². The van der Waals surface area contributed by atoms with Gasteiger partial charge in [-0.25, -0.2) is 0 Å². The van der Waals surface area contributed by atoms with Crippen molar-refractivity contribution in [1.29, 1.82) is 0 Å². The molecule has 2 saturated heterocycles. The Kier molecular flexibility index (Phi) is 3.35. The number of aromatic nitrogens is 1. The minimum atomic E-state index is -0.166. The molecule has 2 fully saturated rings. The Morgan fingerprint density at radius 1 is 1.42 bits per heavy atom. The van der Waals surface area contributed by atoms with Gasteiger partial charge in [0.05, 0.1) is 6.04 Å². The molecule has 3 heterocycles. The summed E-state index contributed by atoms with van der Waals surface area (Å²) in [6.45, 7) is 4.97. The Morgan fingerprint density at radius 3 is 2.89 bits per heavy atom. The molecular formula is C15H23N3O. The molecule has 2 aliphatic rings. The average molecular weight is 261 g/mol. The minimum Gasteiger partial charge on any atom is -0.363 e. The van der Waals surface area contributed by atoms with Crippen LogP contribution < -0.4 is 5.32 Å². The fourth-order valence-electron chi connectivity index (χ4n) is 3.42. The monoisotopic (exact) mass is 261 g/mol. The molecule has 1 amide bonds. The standard InChI is InChI=1S/C15H23N3O/c1-15(6-9-16-10-7-15)14(19)18-11-3-5-13(18)12-4-2-8-17-12/h2,4,8,13,16-17H,3,5-7,9-11H2,1H3. The number of nitrogens with zero attached hydrogens (tertiary/aromatic N) is 1. The highest BCUT2D eigenvalue weighted by molar-refractivity contribution is 5.83. The highest BCUT2D eigenvalue weighted by Crippen LogP contribution is 2.38. The van der Waals surface area contributed by atoms with E-state index in [2.05, 4.69) is 28.2 Å². The minimum absolute atomic E-state index is 0.166. The first-order valence-electron chi connectivity index (χ1n) is 7.36. The molecule has 2 aliphatic heterocycles. The van der Waals surface area contributed by atoms with Crippen LogP contribution in [0.15, 0.2) is 18.3 Å². The van der Waals surface area contributed by atoms with Crippen LogP contribution in [0.5, 0.6) is 0 Å². The van der Waals surface area contributed by atoms with E-state index in [-0.39, 0.29) is 11.5 Å². The summed E-state index contributed by atoms with van der Waals surface area (Å²) in [7, 11) is 0. The molecule has 0 spiro atoms. The summed E-state index contributed by atoms with van der Waals surface area (Å²) < 4.78 is 0. The lowest BCUT2D eigenvalue weighted by Crippen LogP contribution is -2.47. The molecule has 3 rings (SSSR count). The van der Waals surface area contributed by atoms with Crippen LogP contribution in [0.3, 0.4) is 0 Å². The molecule has 0 radical (unpaired) electrons. The van der Waals surface area contributed by atoms with Crippen molar-refractivity contribution in [3.8, 4) is 0 Å². The number of H-pyrrole nitrogens is 1. The molecule has 1 aromatic heterocycles. The van der Waals surface area contributed by atoms with Crippen LogP contribution >= 0.6 is 0 Å². The van der Waals surface area contributed by atoms with Crippen LogP contribution in [0.25, 0.3) is 0 Å². The summed E-state index contributed by atoms with van der Waals surface area (Å²) >= 11 is 0. The van der Waals surface area contributed by atoms with E-state index in [0.717, 1.165) is 45.3 Å². The van der Waals surface area contributed by atoms with Crippen molar-refractivity contribution in [3.63, 3.8) is 0 Å². The van der Waals surface area contributed by atoms with Gasteiger partial charge in [-0.15, -0.1) is 0 Å². The van der Waals surface area contributed by atoms with Crippen molar-refractivity contribution in [2.45, 2.75) is 38.6 Å². The number of nitrogens with one attached hydrogen (secondary N) is 2. The summed E-state index contributed by atoms with van der Waals surface area (Å²) in [5.74, 6) is 0.353. The van der Waals surface area contributed by atoms with Crippen LogP contribution in [0.1, 0.15) is 44.3 Å². The first-order chi connectivity index (χ1) is 9.21. The second kappa shape index (κ2) is 5.00. The zero-order chi connectivity index (χ0) is 13.3. The van der Waals surface area contributed by atoms with Crippen LogP contribution in [-0.4, -0.2) is 35.4 Å². The second-order valence-corrected chi connectivity index (χ2v) is 6.09. The molecule has 0 bridgehead atoms. The lowest BCUT2D eigenvalue weighted by molar-refractivity contribution is -0.143. The SMILES string of the molecule is CC1(C(=O)N2CCCC2c2ccc[nH]2)CCNCC1. The normalized spacial score (nSPS) is 26.6. The number of carbonyl (C=O) groups is 1. The van der Waals surface area contributed by atoms with Crippen molar-refractivity contribution < 1.29 is 4.79 Å². The van der Waals surface area contributed by atoms with Crippen LogP contribution in [0.2, 0.25) is 0 Å². The van der Waals surface area contributed by atoms with E-state index in [1.165, 1.54) is 5.69 Å². The predicted octanol–water partition coefficient (Wildman–Crippen LogP) is 2.07. The first-order valence-corrected chi connectivity index (χ1v) is 7.36. The van der Waals surface area contributed by atoms with Crippen LogP contribution in [0.4, 0.5) is 0 Å². The molecule has 104 valence electrons. The van der Waals surface area contributed by atoms with Crippen molar-refractivity contribution in [2.75, 3.05) is 19.6 Å². The maximum Gasteiger partial charge on any atom is 0.229 e. The third kappa shape index (κ3) is 2.29. The Balaban J connectivity index is 1.78. The molecule has 19 heavy (non-hydrogen) atoms. The Labute approximate surface area is 114 Å². The van der Waals surface area contributed by atoms with Crippen molar-refractivity contribution in [3.05, 3.63) is 24.0 Å². The third-order valence-corrected chi connectivity index (χ3v) is 4.72. The van der Waals surface area contributed by atoms with Crippen molar-refractivity contribution in [1.82, 2.24) is 15.2 Å². The number of aromatic amines is 1. The van der Waals surface area contributed by atoms with Gasteiger partial charge in [0.1, 0.15) is 0 Å². The van der Waals surface area contributed by atoms with E-state index in [1.807, 2.05) is 12.3 Å². The molecule has 1 aromatic rings. The number of amides is 1. The van der Waals surface area contributed by atoms with Crippen LogP contribution in [0, 0.1) is 5.41 Å². The lowest BCUT2D eigenvalue weighted by Gasteiger charge is -2.38. The molecule has 4 heteroatoms. The Morgan fingerprint density at radius 2 is 2.21 bits per heavy atom. The summed E-state index contributed by atoms with van der Waals surface area (Å²) in [5, 5.41) is 3.35. The van der Waals surface area contributed by atoms with Gasteiger partial charge in [-0.2, -0.15) is 0 Å². The topological polar surface area (TPSA) is 48.1 Å². The smallest absolute Gasteiger partial charge is 0.229 e. The van der Waals surface area contributed by atoms with E-state index in [4.69, 9.17) is 0 Å². The van der Waals surface area contributed by atoms with E-state index in [9.17, 15) is 4.79 Å². The van der Waals surface area contributed by atoms with E-state index in [0.29, 0.717) is 5.91 Å². The van der Waals surface area contributed by atoms with Gasteiger partial charge in [0.15, 0.2) is 0 Å². The predicted molar refractivity (Wildman–Crippen MR) is 74.7 cm³/mol. The number of piperidine rings is 1. The quantitative estimate of drug-likeness (QED) is 0.856. The van der Waals surface area contributed by atoms with Crippen molar-refractivity contribution in [2.24, 2.45) is 5.41 Å². The summed E-state index contributed by atoms with van der Waals surface area (Å²) in [6, 6.07) is 4.37. The number of hydrogen-bond acceptors (Lipinski definition) is 2. The molecule has 0 aliphatic carbocycles. The van der Waals surface area contributed by atoms with E-state index >= 15 is 0 Å². The van der Waals surface area contributed by atoms with Gasteiger partial charge in [-0.05, 0) is 50.9 Å². The van der Waals surface area contributed by atoms with Gasteiger partial charge in [-0.1, -0.05) is 6.92 Å². The summed E-state index contributed by atoms with van der Waals surface area (Å²) in [4.78, 5) is 18.3. The van der Waals surface area contributed by atoms with Gasteiger partial charge in [0.2, 0.25) is 5.91 Å². The van der Waals surface area contributed by atoms with Gasteiger partial charge in [0, 0.05) is 23.9 Å².